The first-order valence-corrected chi connectivity index (χ1v) is 5.52. The molecule has 4 heteroatoms. The normalized spacial score (nSPS) is 10.4. The van der Waals surface area contributed by atoms with Crippen LogP contribution in [0.1, 0.15) is 5.56 Å². The Labute approximate surface area is 104 Å². The maximum Gasteiger partial charge on any atom is 0.148 e. The van der Waals surface area contributed by atoms with E-state index in [4.69, 9.17) is 28.9 Å². The van der Waals surface area contributed by atoms with Gasteiger partial charge in [-0.15, -0.1) is 0 Å². The molecule has 2 nitrogen and oxygen atoms in total. The fraction of sp³-hybridized carbons (Fsp3) is 0.0833. The predicted molar refractivity (Wildman–Crippen MR) is 68.8 cm³/mol. The van der Waals surface area contributed by atoms with Crippen LogP contribution in [0.4, 0.5) is 5.69 Å². The number of halogens is 2. The molecule has 0 unspecified atom stereocenters. The summed E-state index contributed by atoms with van der Waals surface area (Å²) >= 11 is 12.0. The molecule has 1 aromatic heterocycles. The van der Waals surface area contributed by atoms with E-state index in [1.54, 1.807) is 6.20 Å². The van der Waals surface area contributed by atoms with E-state index in [9.17, 15) is 0 Å². The van der Waals surface area contributed by atoms with Crippen LogP contribution < -0.4 is 5.73 Å². The van der Waals surface area contributed by atoms with Gasteiger partial charge in [-0.1, -0.05) is 35.3 Å². The number of aromatic nitrogens is 1. The van der Waals surface area contributed by atoms with E-state index in [1.807, 2.05) is 31.2 Å². The van der Waals surface area contributed by atoms with Crippen LogP contribution in [0.25, 0.3) is 11.1 Å². The number of anilines is 1. The van der Waals surface area contributed by atoms with Crippen molar-refractivity contribution in [3.05, 3.63) is 46.2 Å². The van der Waals surface area contributed by atoms with Crippen LogP contribution in [0, 0.1) is 6.92 Å². The molecule has 0 aliphatic carbocycles. The molecule has 2 N–H and O–H groups in total. The zero-order valence-corrected chi connectivity index (χ0v) is 10.2. The highest BCUT2D eigenvalue weighted by Gasteiger charge is 2.10. The Bertz CT molecular complexity index is 489. The average Bonchev–Trinajstić information content (AvgIpc) is 2.27. The molecular weight excluding hydrogens is 243 g/mol. The zero-order valence-electron chi connectivity index (χ0n) is 8.67. The summed E-state index contributed by atoms with van der Waals surface area (Å²) in [5.74, 6) is 0. The number of nitrogens with two attached hydrogens (primary N) is 1. The van der Waals surface area contributed by atoms with Gasteiger partial charge in [-0.3, -0.25) is 0 Å². The summed E-state index contributed by atoms with van der Waals surface area (Å²) in [7, 11) is 0. The van der Waals surface area contributed by atoms with Crippen LogP contribution >= 0.6 is 23.2 Å². The number of benzene rings is 1. The zero-order chi connectivity index (χ0) is 11.7. The summed E-state index contributed by atoms with van der Waals surface area (Å²) in [6.07, 6.45) is 1.63. The van der Waals surface area contributed by atoms with Gasteiger partial charge < -0.3 is 5.73 Å². The van der Waals surface area contributed by atoms with E-state index < -0.39 is 0 Å². The minimum Gasteiger partial charge on any atom is -0.398 e. The Morgan fingerprint density at radius 3 is 2.62 bits per heavy atom. The van der Waals surface area contributed by atoms with Crippen molar-refractivity contribution in [1.82, 2.24) is 4.98 Å². The monoisotopic (exact) mass is 252 g/mol. The Morgan fingerprint density at radius 2 is 1.88 bits per heavy atom. The van der Waals surface area contributed by atoms with Crippen molar-refractivity contribution in [2.75, 3.05) is 5.73 Å². The van der Waals surface area contributed by atoms with Crippen LogP contribution in [0.2, 0.25) is 10.2 Å². The van der Waals surface area contributed by atoms with Crippen molar-refractivity contribution >= 4 is 28.9 Å². The van der Waals surface area contributed by atoms with E-state index >= 15 is 0 Å². The van der Waals surface area contributed by atoms with Gasteiger partial charge in [0.05, 0.1) is 5.02 Å². The molecule has 0 amide bonds. The van der Waals surface area contributed by atoms with E-state index in [2.05, 4.69) is 4.98 Å². The second kappa shape index (κ2) is 4.32. The van der Waals surface area contributed by atoms with Crippen molar-refractivity contribution in [2.45, 2.75) is 6.92 Å². The number of rotatable bonds is 1. The fourth-order valence-electron chi connectivity index (χ4n) is 1.57. The van der Waals surface area contributed by atoms with Crippen molar-refractivity contribution in [2.24, 2.45) is 0 Å². The van der Waals surface area contributed by atoms with Gasteiger partial charge in [0.2, 0.25) is 0 Å². The molecule has 0 fully saturated rings. The Kier molecular flexibility index (Phi) is 3.03. The van der Waals surface area contributed by atoms with E-state index in [0.29, 0.717) is 10.2 Å². The van der Waals surface area contributed by atoms with Gasteiger partial charge in [0.25, 0.3) is 0 Å². The summed E-state index contributed by atoms with van der Waals surface area (Å²) in [4.78, 5) is 3.92. The minimum atomic E-state index is 0.306. The summed E-state index contributed by atoms with van der Waals surface area (Å²) < 4.78 is 0. The lowest BCUT2D eigenvalue weighted by Gasteiger charge is -2.10. The number of nitrogens with zero attached hydrogens (tertiary/aromatic N) is 1. The maximum absolute atomic E-state index is 6.12. The van der Waals surface area contributed by atoms with Gasteiger partial charge >= 0.3 is 0 Å². The van der Waals surface area contributed by atoms with Crippen molar-refractivity contribution in [3.63, 3.8) is 0 Å². The quantitative estimate of drug-likeness (QED) is 0.617. The first-order valence-electron chi connectivity index (χ1n) is 4.76. The standard InChI is InChI=1S/C12H10Cl2N2/c1-7-8(3-2-4-10(7)15)9-5-6-16-12(14)11(9)13/h2-6H,15H2,1H3. The molecule has 0 bridgehead atoms. The third-order valence-electron chi connectivity index (χ3n) is 2.51. The first kappa shape index (κ1) is 11.2. The number of pyridine rings is 1. The molecule has 82 valence electrons. The van der Waals surface area contributed by atoms with Crippen molar-refractivity contribution in [1.29, 1.82) is 0 Å². The van der Waals surface area contributed by atoms with Crippen molar-refractivity contribution in [3.8, 4) is 11.1 Å². The van der Waals surface area contributed by atoms with Crippen LogP contribution in [0.15, 0.2) is 30.5 Å². The van der Waals surface area contributed by atoms with Crippen LogP contribution in [0.3, 0.4) is 0 Å². The predicted octanol–water partition coefficient (Wildman–Crippen LogP) is 3.95. The molecule has 0 atom stereocenters. The Hall–Kier alpha value is -1.25. The minimum absolute atomic E-state index is 0.306. The highest BCUT2D eigenvalue weighted by Crippen LogP contribution is 2.35. The van der Waals surface area contributed by atoms with Gasteiger partial charge in [-0.05, 0) is 30.2 Å². The molecule has 0 saturated carbocycles. The largest absolute Gasteiger partial charge is 0.398 e. The summed E-state index contributed by atoms with van der Waals surface area (Å²) in [5, 5.41) is 0.763. The average molecular weight is 253 g/mol. The number of hydrogen-bond donors (Lipinski definition) is 1. The van der Waals surface area contributed by atoms with Crippen LogP contribution in [0.5, 0.6) is 0 Å². The molecule has 0 aliphatic heterocycles. The van der Waals surface area contributed by atoms with Crippen LogP contribution in [-0.4, -0.2) is 4.98 Å². The molecule has 0 aliphatic rings. The lowest BCUT2D eigenvalue weighted by atomic mass is 10.0. The fourth-order valence-corrected chi connectivity index (χ4v) is 1.94. The number of nitrogen functional groups attached to an aromatic ring is 1. The lowest BCUT2D eigenvalue weighted by Crippen LogP contribution is -1.93. The summed E-state index contributed by atoms with van der Waals surface area (Å²) in [5.41, 5.74) is 9.42. The number of hydrogen-bond acceptors (Lipinski definition) is 2. The van der Waals surface area contributed by atoms with Gasteiger partial charge in [-0.2, -0.15) is 0 Å². The molecule has 2 rings (SSSR count). The SMILES string of the molecule is Cc1c(N)cccc1-c1ccnc(Cl)c1Cl. The topological polar surface area (TPSA) is 38.9 Å². The molecule has 1 heterocycles. The molecule has 0 saturated heterocycles. The van der Waals surface area contributed by atoms with Gasteiger partial charge in [0.1, 0.15) is 5.15 Å². The van der Waals surface area contributed by atoms with Gasteiger partial charge in [-0.25, -0.2) is 4.98 Å². The first-order chi connectivity index (χ1) is 7.61. The molecule has 0 spiro atoms. The van der Waals surface area contributed by atoms with Gasteiger partial charge in [0.15, 0.2) is 0 Å². The molecule has 16 heavy (non-hydrogen) atoms. The third kappa shape index (κ3) is 1.86. The van der Waals surface area contributed by atoms with Gasteiger partial charge in [0, 0.05) is 17.4 Å². The van der Waals surface area contributed by atoms with Crippen molar-refractivity contribution < 1.29 is 0 Å². The molecular formula is C12H10Cl2N2. The van der Waals surface area contributed by atoms with E-state index in [0.717, 1.165) is 22.4 Å². The smallest absolute Gasteiger partial charge is 0.148 e. The Balaban J connectivity index is 2.68. The highest BCUT2D eigenvalue weighted by molar-refractivity contribution is 6.43. The van der Waals surface area contributed by atoms with E-state index in [1.165, 1.54) is 0 Å². The second-order valence-corrected chi connectivity index (χ2v) is 4.22. The lowest BCUT2D eigenvalue weighted by molar-refractivity contribution is 1.32. The second-order valence-electron chi connectivity index (χ2n) is 3.48. The molecule has 1 aromatic carbocycles. The Morgan fingerprint density at radius 1 is 1.12 bits per heavy atom. The van der Waals surface area contributed by atoms with Crippen LogP contribution in [-0.2, 0) is 0 Å². The van der Waals surface area contributed by atoms with E-state index in [-0.39, 0.29) is 0 Å². The maximum atomic E-state index is 6.12. The summed E-state index contributed by atoms with van der Waals surface area (Å²) in [6.45, 7) is 1.95. The highest BCUT2D eigenvalue weighted by atomic mass is 35.5. The molecule has 2 aromatic rings. The third-order valence-corrected chi connectivity index (χ3v) is 3.28. The summed E-state index contributed by atoms with van der Waals surface area (Å²) in [6, 6.07) is 7.54. The molecule has 0 radical (unpaired) electrons.